The van der Waals surface area contributed by atoms with E-state index in [1.165, 1.54) is 16.7 Å². The summed E-state index contributed by atoms with van der Waals surface area (Å²) in [6, 6.07) is 19.8. The average molecular weight is 654 g/mol. The Balaban J connectivity index is 1.71. The third-order valence-corrected chi connectivity index (χ3v) is 10.5. The lowest BCUT2D eigenvalue weighted by Crippen LogP contribution is -2.53. The highest BCUT2D eigenvalue weighted by Gasteiger charge is 2.34. The molecule has 0 saturated heterocycles. The Morgan fingerprint density at radius 2 is 1.56 bits per heavy atom. The molecular formula is C34H43N3O6S2. The van der Waals surface area contributed by atoms with Crippen LogP contribution in [0, 0.1) is 0 Å². The van der Waals surface area contributed by atoms with Gasteiger partial charge < -0.3 is 19.7 Å². The number of carbonyl (C=O) groups is 2. The lowest BCUT2D eigenvalue weighted by atomic mass is 10.1. The standard InChI is InChI=1S/C34H43N3O6S2/c1-5-32(34(39)35-26-9-7-8-10-26)36(23-25-11-15-28(42-3)16-12-25)33(38)24-37(27-13-17-29(18-14-27)43-6-2)45(40,41)31-21-19-30(44-4)20-22-31/h11-22,26,32H,5-10,23-24H2,1-4H3,(H,35,39)/t32-/m1/s1. The van der Waals surface area contributed by atoms with Gasteiger partial charge in [-0.1, -0.05) is 31.9 Å². The number of amides is 2. The molecule has 11 heteroatoms. The third-order valence-electron chi connectivity index (χ3n) is 7.96. The zero-order valence-electron chi connectivity index (χ0n) is 26.4. The van der Waals surface area contributed by atoms with Gasteiger partial charge >= 0.3 is 0 Å². The minimum Gasteiger partial charge on any atom is -0.497 e. The van der Waals surface area contributed by atoms with E-state index >= 15 is 0 Å². The highest BCUT2D eigenvalue weighted by atomic mass is 32.2. The first-order valence-corrected chi connectivity index (χ1v) is 18.0. The molecule has 0 aromatic heterocycles. The maximum Gasteiger partial charge on any atom is 0.264 e. The van der Waals surface area contributed by atoms with Gasteiger partial charge in [0, 0.05) is 17.5 Å². The third kappa shape index (κ3) is 8.73. The van der Waals surface area contributed by atoms with Crippen molar-refractivity contribution in [3.63, 3.8) is 0 Å². The summed E-state index contributed by atoms with van der Waals surface area (Å²) >= 11 is 1.51. The van der Waals surface area contributed by atoms with Crippen LogP contribution in [0.15, 0.2) is 82.6 Å². The lowest BCUT2D eigenvalue weighted by molar-refractivity contribution is -0.140. The summed E-state index contributed by atoms with van der Waals surface area (Å²) in [5, 5.41) is 3.14. The Bertz CT molecular complexity index is 1510. The number of carbonyl (C=O) groups excluding carboxylic acids is 2. The Kier molecular flexibility index (Phi) is 12.2. The van der Waals surface area contributed by atoms with Crippen LogP contribution in [0.5, 0.6) is 11.5 Å². The van der Waals surface area contributed by atoms with Gasteiger partial charge in [-0.05, 0) is 98.7 Å². The Hall–Kier alpha value is -3.70. The molecule has 1 saturated carbocycles. The molecule has 0 unspecified atom stereocenters. The first kappa shape index (κ1) is 34.2. The normalized spacial score (nSPS) is 14.0. The van der Waals surface area contributed by atoms with Crippen LogP contribution >= 0.6 is 11.8 Å². The van der Waals surface area contributed by atoms with Gasteiger partial charge in [-0.15, -0.1) is 11.8 Å². The molecule has 0 spiro atoms. The quantitative estimate of drug-likeness (QED) is 0.204. The van der Waals surface area contributed by atoms with Gasteiger partial charge in [0.15, 0.2) is 0 Å². The summed E-state index contributed by atoms with van der Waals surface area (Å²) in [4.78, 5) is 30.4. The van der Waals surface area contributed by atoms with Crippen molar-refractivity contribution in [3.05, 3.63) is 78.4 Å². The van der Waals surface area contributed by atoms with E-state index in [-0.39, 0.29) is 23.4 Å². The summed E-state index contributed by atoms with van der Waals surface area (Å²) in [7, 11) is -2.59. The molecule has 1 atom stereocenters. The monoisotopic (exact) mass is 653 g/mol. The second-order valence-corrected chi connectivity index (χ2v) is 13.6. The number of anilines is 1. The van der Waals surface area contributed by atoms with Gasteiger partial charge in [0.2, 0.25) is 11.8 Å². The molecule has 2 amide bonds. The number of nitrogens with one attached hydrogen (secondary N) is 1. The minimum atomic E-state index is -4.17. The van der Waals surface area contributed by atoms with Crippen molar-refractivity contribution in [1.82, 2.24) is 10.2 Å². The maximum absolute atomic E-state index is 14.3. The molecule has 3 aromatic rings. The minimum absolute atomic E-state index is 0.0645. The molecule has 1 aliphatic carbocycles. The first-order chi connectivity index (χ1) is 21.7. The predicted molar refractivity (Wildman–Crippen MR) is 178 cm³/mol. The Morgan fingerprint density at radius 3 is 2.11 bits per heavy atom. The van der Waals surface area contributed by atoms with E-state index in [1.807, 2.05) is 32.2 Å². The van der Waals surface area contributed by atoms with Crippen molar-refractivity contribution >= 4 is 39.3 Å². The molecule has 9 nitrogen and oxygen atoms in total. The van der Waals surface area contributed by atoms with Crippen molar-refractivity contribution in [2.24, 2.45) is 0 Å². The molecule has 0 aliphatic heterocycles. The van der Waals surface area contributed by atoms with Crippen molar-refractivity contribution in [2.45, 2.75) is 74.4 Å². The number of methoxy groups -OCH3 is 1. The second kappa shape index (κ2) is 16.0. The Labute approximate surface area is 271 Å². The summed E-state index contributed by atoms with van der Waals surface area (Å²) in [5.74, 6) is 0.541. The Morgan fingerprint density at radius 1 is 0.933 bits per heavy atom. The van der Waals surface area contributed by atoms with Gasteiger partial charge in [0.1, 0.15) is 24.1 Å². The number of nitrogens with zero attached hydrogens (tertiary/aromatic N) is 2. The topological polar surface area (TPSA) is 105 Å². The fourth-order valence-corrected chi connectivity index (χ4v) is 7.32. The number of ether oxygens (including phenoxy) is 2. The van der Waals surface area contributed by atoms with Crippen LogP contribution in [0.3, 0.4) is 0 Å². The molecule has 0 radical (unpaired) electrons. The molecule has 0 bridgehead atoms. The van der Waals surface area contributed by atoms with Crippen molar-refractivity contribution in [3.8, 4) is 11.5 Å². The van der Waals surface area contributed by atoms with E-state index in [0.717, 1.165) is 40.4 Å². The molecule has 1 fully saturated rings. The summed E-state index contributed by atoms with van der Waals surface area (Å²) in [6.45, 7) is 3.82. The number of thioether (sulfide) groups is 1. The molecular weight excluding hydrogens is 611 g/mol. The number of hydrogen-bond acceptors (Lipinski definition) is 7. The van der Waals surface area contributed by atoms with Gasteiger partial charge in [-0.25, -0.2) is 8.42 Å². The molecule has 242 valence electrons. The number of rotatable bonds is 15. The van der Waals surface area contributed by atoms with E-state index in [9.17, 15) is 18.0 Å². The van der Waals surface area contributed by atoms with Crippen LogP contribution in [0.2, 0.25) is 0 Å². The lowest BCUT2D eigenvalue weighted by Gasteiger charge is -2.34. The zero-order valence-corrected chi connectivity index (χ0v) is 28.0. The largest absolute Gasteiger partial charge is 0.497 e. The van der Waals surface area contributed by atoms with E-state index in [0.29, 0.717) is 30.2 Å². The second-order valence-electron chi connectivity index (χ2n) is 10.9. The molecule has 1 aliphatic rings. The number of hydrogen-bond donors (Lipinski definition) is 1. The van der Waals surface area contributed by atoms with E-state index in [4.69, 9.17) is 9.47 Å². The maximum atomic E-state index is 14.3. The zero-order chi connectivity index (χ0) is 32.4. The molecule has 0 heterocycles. The molecule has 4 rings (SSSR count). The van der Waals surface area contributed by atoms with Crippen LogP contribution in [-0.4, -0.2) is 63.7 Å². The fraction of sp³-hybridized carbons (Fsp3) is 0.412. The SMILES string of the molecule is CCOc1ccc(N(CC(=O)N(Cc2ccc(OC)cc2)[C@H](CC)C(=O)NC2CCCC2)S(=O)(=O)c2ccc(SC)cc2)cc1. The highest BCUT2D eigenvalue weighted by Crippen LogP contribution is 2.28. The fourth-order valence-electron chi connectivity index (χ4n) is 5.49. The van der Waals surface area contributed by atoms with Crippen LogP contribution < -0.4 is 19.1 Å². The van der Waals surface area contributed by atoms with Crippen molar-refractivity contribution in [1.29, 1.82) is 0 Å². The summed E-state index contributed by atoms with van der Waals surface area (Å²) in [6.07, 6.45) is 6.22. The van der Waals surface area contributed by atoms with Gasteiger partial charge in [0.05, 0.1) is 24.3 Å². The molecule has 1 N–H and O–H groups in total. The summed E-state index contributed by atoms with van der Waals surface area (Å²) in [5.41, 5.74) is 1.10. The van der Waals surface area contributed by atoms with Crippen LogP contribution in [0.4, 0.5) is 5.69 Å². The molecule has 45 heavy (non-hydrogen) atoms. The predicted octanol–water partition coefficient (Wildman–Crippen LogP) is 5.88. The highest BCUT2D eigenvalue weighted by molar-refractivity contribution is 7.98. The van der Waals surface area contributed by atoms with Crippen LogP contribution in [-0.2, 0) is 26.2 Å². The average Bonchev–Trinajstić information content (AvgIpc) is 3.57. The molecule has 3 aromatic carbocycles. The number of benzene rings is 3. The van der Waals surface area contributed by atoms with Crippen LogP contribution in [0.1, 0.15) is 51.5 Å². The van der Waals surface area contributed by atoms with Gasteiger partial charge in [-0.3, -0.25) is 13.9 Å². The van der Waals surface area contributed by atoms with E-state index < -0.39 is 28.5 Å². The van der Waals surface area contributed by atoms with Crippen LogP contribution in [0.25, 0.3) is 0 Å². The van der Waals surface area contributed by atoms with Gasteiger partial charge in [-0.2, -0.15) is 0 Å². The number of sulfonamides is 1. The van der Waals surface area contributed by atoms with Crippen molar-refractivity contribution in [2.75, 3.05) is 30.8 Å². The first-order valence-electron chi connectivity index (χ1n) is 15.3. The summed E-state index contributed by atoms with van der Waals surface area (Å²) < 4.78 is 40.3. The van der Waals surface area contributed by atoms with Gasteiger partial charge in [0.25, 0.3) is 10.0 Å². The smallest absolute Gasteiger partial charge is 0.264 e. The van der Waals surface area contributed by atoms with E-state index in [1.54, 1.807) is 67.8 Å². The van der Waals surface area contributed by atoms with Crippen molar-refractivity contribution < 1.29 is 27.5 Å². The van der Waals surface area contributed by atoms with E-state index in [2.05, 4.69) is 5.32 Å².